The summed E-state index contributed by atoms with van der Waals surface area (Å²) in [5, 5.41) is 9.31. The molecule has 0 saturated carbocycles. The maximum Gasteiger partial charge on any atom is 0.387 e. The zero-order chi connectivity index (χ0) is 21.9. The molecule has 0 fully saturated rings. The molecule has 0 radical (unpaired) electrons. The van der Waals surface area contributed by atoms with Crippen LogP contribution < -0.4 is 20.7 Å². The molecule has 3 N–H and O–H groups in total. The number of benzene rings is 2. The van der Waals surface area contributed by atoms with E-state index in [4.69, 9.17) is 11.6 Å². The average molecular weight is 439 g/mol. The van der Waals surface area contributed by atoms with Crippen LogP contribution in [-0.2, 0) is 13.0 Å². The Kier molecular flexibility index (Phi) is 9.34. The second-order valence-electron chi connectivity index (χ2n) is 6.28. The van der Waals surface area contributed by atoms with E-state index in [2.05, 4.69) is 25.7 Å². The second-order valence-corrected chi connectivity index (χ2v) is 6.72. The van der Waals surface area contributed by atoms with E-state index in [0.29, 0.717) is 41.6 Å². The topological polar surface area (TPSA) is 74.8 Å². The Bertz CT molecular complexity index is 878. The summed E-state index contributed by atoms with van der Waals surface area (Å²) in [5.41, 5.74) is 2.06. The minimum atomic E-state index is -2.93. The molecule has 0 aliphatic rings. The third kappa shape index (κ3) is 7.51. The van der Waals surface area contributed by atoms with E-state index in [0.717, 1.165) is 5.56 Å². The third-order valence-electron chi connectivity index (χ3n) is 4.11. The number of aliphatic imine (C=N–C) groups is 1. The van der Waals surface area contributed by atoms with Crippen LogP contribution in [0.25, 0.3) is 0 Å². The lowest BCUT2D eigenvalue weighted by molar-refractivity contribution is -0.0504. The summed E-state index contributed by atoms with van der Waals surface area (Å²) in [5.74, 6) is 0.436. The molecule has 0 saturated heterocycles. The fourth-order valence-corrected chi connectivity index (χ4v) is 2.92. The van der Waals surface area contributed by atoms with Gasteiger partial charge in [-0.3, -0.25) is 4.79 Å². The number of hydrogen-bond donors (Lipinski definition) is 3. The number of halogens is 3. The van der Waals surface area contributed by atoms with Crippen molar-refractivity contribution in [3.05, 3.63) is 64.2 Å². The maximum atomic E-state index is 12.6. The van der Waals surface area contributed by atoms with E-state index in [1.807, 2.05) is 25.1 Å². The molecule has 9 heteroatoms. The molecular formula is C21H25ClF2N4O2. The Morgan fingerprint density at radius 3 is 2.70 bits per heavy atom. The molecule has 0 bridgehead atoms. The molecule has 0 spiro atoms. The van der Waals surface area contributed by atoms with Gasteiger partial charge in [0.25, 0.3) is 5.91 Å². The van der Waals surface area contributed by atoms with Gasteiger partial charge < -0.3 is 20.7 Å². The molecule has 2 aromatic carbocycles. The maximum absolute atomic E-state index is 12.6. The summed E-state index contributed by atoms with van der Waals surface area (Å²) in [6.07, 6.45) is 0.673. The molecule has 6 nitrogen and oxygen atoms in total. The molecule has 0 aromatic heterocycles. The van der Waals surface area contributed by atoms with Gasteiger partial charge in [-0.1, -0.05) is 23.7 Å². The minimum absolute atomic E-state index is 0.0417. The summed E-state index contributed by atoms with van der Waals surface area (Å²) in [7, 11) is 1.59. The summed E-state index contributed by atoms with van der Waals surface area (Å²) in [4.78, 5) is 16.2. The van der Waals surface area contributed by atoms with E-state index in [9.17, 15) is 13.6 Å². The van der Waals surface area contributed by atoms with Crippen molar-refractivity contribution in [2.24, 2.45) is 4.99 Å². The van der Waals surface area contributed by atoms with E-state index in [1.54, 1.807) is 19.2 Å². The molecule has 0 heterocycles. The van der Waals surface area contributed by atoms with Crippen molar-refractivity contribution in [2.45, 2.75) is 26.5 Å². The predicted molar refractivity (Wildman–Crippen MR) is 114 cm³/mol. The van der Waals surface area contributed by atoms with Crippen molar-refractivity contribution in [1.29, 1.82) is 0 Å². The number of nitrogens with zero attached hydrogens (tertiary/aromatic N) is 1. The molecule has 0 aliphatic heterocycles. The molecule has 1 amide bonds. The van der Waals surface area contributed by atoms with Gasteiger partial charge in [0, 0.05) is 36.3 Å². The monoisotopic (exact) mass is 438 g/mol. The molecule has 2 aromatic rings. The Morgan fingerprint density at radius 1 is 1.20 bits per heavy atom. The first-order valence-electron chi connectivity index (χ1n) is 9.49. The van der Waals surface area contributed by atoms with Crippen LogP contribution in [0.4, 0.5) is 8.78 Å². The smallest absolute Gasteiger partial charge is 0.387 e. The summed E-state index contributed by atoms with van der Waals surface area (Å²) >= 11 is 5.98. The number of alkyl halides is 2. The van der Waals surface area contributed by atoms with Crippen LogP contribution >= 0.6 is 11.6 Å². The average Bonchev–Trinajstić information content (AvgIpc) is 2.73. The predicted octanol–water partition coefficient (Wildman–Crippen LogP) is 3.60. The van der Waals surface area contributed by atoms with Crippen LogP contribution in [0.15, 0.2) is 47.5 Å². The first-order chi connectivity index (χ1) is 14.4. The molecule has 0 unspecified atom stereocenters. The highest BCUT2D eigenvalue weighted by Crippen LogP contribution is 2.25. The van der Waals surface area contributed by atoms with Gasteiger partial charge in [0.1, 0.15) is 5.75 Å². The Balaban J connectivity index is 2.02. The van der Waals surface area contributed by atoms with Crippen LogP contribution in [0, 0.1) is 0 Å². The first kappa shape index (κ1) is 23.4. The van der Waals surface area contributed by atoms with E-state index < -0.39 is 6.61 Å². The number of carbonyl (C=O) groups excluding carboxylic acids is 1. The molecule has 2 rings (SSSR count). The van der Waals surface area contributed by atoms with Gasteiger partial charge in [-0.05, 0) is 49.2 Å². The van der Waals surface area contributed by atoms with Crippen molar-refractivity contribution in [1.82, 2.24) is 16.0 Å². The standard InChI is InChI=1S/C21H25ClF2N4O2/c1-3-26-21(27-10-9-14-5-4-6-15(11-14)19(29)25-2)28-13-16-12-17(22)7-8-18(16)30-20(23)24/h4-8,11-12,20H,3,9-10,13H2,1-2H3,(H,25,29)(H2,26,27,28). The van der Waals surface area contributed by atoms with Crippen LogP contribution in [0.1, 0.15) is 28.4 Å². The third-order valence-corrected chi connectivity index (χ3v) is 4.35. The quantitative estimate of drug-likeness (QED) is 0.413. The summed E-state index contributed by atoms with van der Waals surface area (Å²) in [6.45, 7) is 0.317. The van der Waals surface area contributed by atoms with E-state index in [-0.39, 0.29) is 18.2 Å². The fraction of sp³-hybridized carbons (Fsp3) is 0.333. The Hall–Kier alpha value is -2.87. The minimum Gasteiger partial charge on any atom is -0.434 e. The van der Waals surface area contributed by atoms with Crippen molar-refractivity contribution in [3.8, 4) is 5.75 Å². The molecule has 0 aliphatic carbocycles. The Morgan fingerprint density at radius 2 is 2.00 bits per heavy atom. The lowest BCUT2D eigenvalue weighted by Crippen LogP contribution is -2.38. The van der Waals surface area contributed by atoms with E-state index >= 15 is 0 Å². The SMILES string of the molecule is CCNC(=NCc1cc(Cl)ccc1OC(F)F)NCCc1cccc(C(=O)NC)c1. The van der Waals surface area contributed by atoms with Crippen LogP contribution in [0.2, 0.25) is 5.02 Å². The molecule has 162 valence electrons. The van der Waals surface area contributed by atoms with Crippen molar-refractivity contribution in [3.63, 3.8) is 0 Å². The van der Waals surface area contributed by atoms with Crippen molar-refractivity contribution in [2.75, 3.05) is 20.1 Å². The van der Waals surface area contributed by atoms with Crippen LogP contribution in [-0.4, -0.2) is 38.6 Å². The summed E-state index contributed by atoms with van der Waals surface area (Å²) < 4.78 is 29.8. The zero-order valence-electron chi connectivity index (χ0n) is 16.8. The summed E-state index contributed by atoms with van der Waals surface area (Å²) in [6, 6.07) is 11.8. The van der Waals surface area contributed by atoms with Crippen LogP contribution in [0.3, 0.4) is 0 Å². The lowest BCUT2D eigenvalue weighted by atomic mass is 10.1. The van der Waals surface area contributed by atoms with Gasteiger partial charge >= 0.3 is 6.61 Å². The van der Waals surface area contributed by atoms with Gasteiger partial charge in [-0.2, -0.15) is 8.78 Å². The number of guanidine groups is 1. The number of amides is 1. The second kappa shape index (κ2) is 12.0. The fourth-order valence-electron chi connectivity index (χ4n) is 2.73. The highest BCUT2D eigenvalue weighted by molar-refractivity contribution is 6.30. The number of hydrogen-bond acceptors (Lipinski definition) is 3. The van der Waals surface area contributed by atoms with Gasteiger partial charge in [0.15, 0.2) is 5.96 Å². The molecular weight excluding hydrogens is 414 g/mol. The molecule has 30 heavy (non-hydrogen) atoms. The number of ether oxygens (including phenoxy) is 1. The molecule has 0 atom stereocenters. The van der Waals surface area contributed by atoms with Gasteiger partial charge in [0.2, 0.25) is 0 Å². The highest BCUT2D eigenvalue weighted by Gasteiger charge is 2.10. The first-order valence-corrected chi connectivity index (χ1v) is 9.87. The largest absolute Gasteiger partial charge is 0.434 e. The van der Waals surface area contributed by atoms with Crippen LogP contribution in [0.5, 0.6) is 5.75 Å². The zero-order valence-corrected chi connectivity index (χ0v) is 17.6. The van der Waals surface area contributed by atoms with Gasteiger partial charge in [-0.25, -0.2) is 4.99 Å². The van der Waals surface area contributed by atoms with Crippen molar-refractivity contribution >= 4 is 23.5 Å². The number of rotatable bonds is 9. The number of carbonyl (C=O) groups is 1. The number of nitrogens with one attached hydrogen (secondary N) is 3. The highest BCUT2D eigenvalue weighted by atomic mass is 35.5. The lowest BCUT2D eigenvalue weighted by Gasteiger charge is -2.13. The van der Waals surface area contributed by atoms with Crippen molar-refractivity contribution < 1.29 is 18.3 Å². The van der Waals surface area contributed by atoms with Gasteiger partial charge in [-0.15, -0.1) is 0 Å². The van der Waals surface area contributed by atoms with E-state index in [1.165, 1.54) is 12.1 Å². The normalized spacial score (nSPS) is 11.3. The Labute approximate surface area is 179 Å². The van der Waals surface area contributed by atoms with Gasteiger partial charge in [0.05, 0.1) is 6.54 Å².